The van der Waals surface area contributed by atoms with Crippen LogP contribution in [-0.2, 0) is 14.3 Å². The minimum absolute atomic E-state index is 0.141. The van der Waals surface area contributed by atoms with Gasteiger partial charge >= 0.3 is 5.97 Å². The maximum absolute atomic E-state index is 12.0. The van der Waals surface area contributed by atoms with Crippen LogP contribution in [0.4, 0.5) is 0 Å². The number of rotatable bonds is 9. The molecule has 0 rings (SSSR count). The van der Waals surface area contributed by atoms with Gasteiger partial charge in [-0.05, 0) is 19.3 Å². The van der Waals surface area contributed by atoms with Gasteiger partial charge in [0.2, 0.25) is 5.91 Å². The molecule has 0 aromatic carbocycles. The number of esters is 1. The molecule has 0 saturated carbocycles. The number of unbranched alkanes of at least 4 members (excludes halogenated alkanes) is 1. The van der Waals surface area contributed by atoms with Crippen molar-refractivity contribution in [3.05, 3.63) is 0 Å². The minimum atomic E-state index is -0.226. The highest BCUT2D eigenvalue weighted by Gasteiger charge is 2.15. The summed E-state index contributed by atoms with van der Waals surface area (Å²) in [4.78, 5) is 25.1. The first kappa shape index (κ1) is 16.9. The molecule has 0 aromatic heterocycles. The Morgan fingerprint density at radius 1 is 1.17 bits per heavy atom. The van der Waals surface area contributed by atoms with E-state index in [0.717, 1.165) is 19.4 Å². The van der Waals surface area contributed by atoms with Crippen molar-refractivity contribution < 1.29 is 14.3 Å². The van der Waals surface area contributed by atoms with Gasteiger partial charge in [-0.25, -0.2) is 0 Å². The summed E-state index contributed by atoms with van der Waals surface area (Å²) in [6.45, 7) is 9.55. The van der Waals surface area contributed by atoms with Gasteiger partial charge in [0.15, 0.2) is 0 Å². The van der Waals surface area contributed by atoms with Crippen LogP contribution in [0.25, 0.3) is 0 Å². The third-order valence-electron chi connectivity index (χ3n) is 2.61. The van der Waals surface area contributed by atoms with E-state index in [0.29, 0.717) is 31.9 Å². The van der Waals surface area contributed by atoms with Gasteiger partial charge in [0.1, 0.15) is 0 Å². The number of carbonyl (C=O) groups excluding carboxylic acids is 2. The lowest BCUT2D eigenvalue weighted by Gasteiger charge is -2.23. The molecule has 0 N–H and O–H groups in total. The minimum Gasteiger partial charge on any atom is -0.466 e. The second-order valence-corrected chi connectivity index (χ2v) is 4.89. The van der Waals surface area contributed by atoms with Gasteiger partial charge in [-0.3, -0.25) is 9.59 Å². The predicted octanol–water partition coefficient (Wildman–Crippen LogP) is 2.61. The predicted molar refractivity (Wildman–Crippen MR) is 72.2 cm³/mol. The number of ether oxygens (including phenoxy) is 1. The Balaban J connectivity index is 4.21. The first-order valence-corrected chi connectivity index (χ1v) is 6.94. The van der Waals surface area contributed by atoms with Gasteiger partial charge in [0.05, 0.1) is 13.0 Å². The summed E-state index contributed by atoms with van der Waals surface area (Å²) in [5.41, 5.74) is 0. The van der Waals surface area contributed by atoms with Crippen LogP contribution in [0.1, 0.15) is 53.4 Å². The lowest BCUT2D eigenvalue weighted by molar-refractivity contribution is -0.144. The Kier molecular flexibility index (Phi) is 9.33. The zero-order valence-corrected chi connectivity index (χ0v) is 12.2. The van der Waals surface area contributed by atoms with Gasteiger partial charge in [-0.15, -0.1) is 0 Å². The molecule has 0 atom stereocenters. The molecule has 0 heterocycles. The molecule has 18 heavy (non-hydrogen) atoms. The molecule has 0 saturated heterocycles. The van der Waals surface area contributed by atoms with E-state index in [2.05, 4.69) is 6.92 Å². The van der Waals surface area contributed by atoms with Crippen molar-refractivity contribution in [2.24, 2.45) is 5.92 Å². The zero-order valence-electron chi connectivity index (χ0n) is 12.2. The van der Waals surface area contributed by atoms with Gasteiger partial charge in [0.25, 0.3) is 0 Å². The molecule has 0 radical (unpaired) electrons. The lowest BCUT2D eigenvalue weighted by Crippen LogP contribution is -2.34. The fraction of sp³-hybridized carbons (Fsp3) is 0.857. The molecule has 106 valence electrons. The van der Waals surface area contributed by atoms with E-state index in [4.69, 9.17) is 4.74 Å². The van der Waals surface area contributed by atoms with E-state index in [1.165, 1.54) is 0 Å². The first-order chi connectivity index (χ1) is 8.51. The molecule has 0 aliphatic carbocycles. The maximum atomic E-state index is 12.0. The van der Waals surface area contributed by atoms with Gasteiger partial charge in [-0.2, -0.15) is 0 Å². The van der Waals surface area contributed by atoms with E-state index in [1.54, 1.807) is 11.8 Å². The maximum Gasteiger partial charge on any atom is 0.307 e. The third kappa shape index (κ3) is 8.09. The van der Waals surface area contributed by atoms with Crippen molar-refractivity contribution in [3.63, 3.8) is 0 Å². The van der Waals surface area contributed by atoms with Crippen molar-refractivity contribution in [1.29, 1.82) is 0 Å². The third-order valence-corrected chi connectivity index (χ3v) is 2.61. The number of carbonyl (C=O) groups is 2. The molecule has 4 nitrogen and oxygen atoms in total. The second kappa shape index (κ2) is 9.92. The first-order valence-electron chi connectivity index (χ1n) is 6.94. The number of nitrogens with zero attached hydrogens (tertiary/aromatic N) is 1. The number of hydrogen-bond donors (Lipinski definition) is 0. The van der Waals surface area contributed by atoms with Crippen molar-refractivity contribution in [2.45, 2.75) is 53.4 Å². The number of amides is 1. The summed E-state index contributed by atoms with van der Waals surface area (Å²) >= 11 is 0. The summed E-state index contributed by atoms with van der Waals surface area (Å²) in [5, 5.41) is 0. The van der Waals surface area contributed by atoms with Crippen molar-refractivity contribution in [2.75, 3.05) is 19.7 Å². The van der Waals surface area contributed by atoms with Crippen LogP contribution in [0, 0.1) is 5.92 Å². The molecule has 0 bridgehead atoms. The second-order valence-electron chi connectivity index (χ2n) is 4.89. The number of hydrogen-bond acceptors (Lipinski definition) is 3. The Bertz CT molecular complexity index is 251. The highest BCUT2D eigenvalue weighted by molar-refractivity contribution is 5.77. The van der Waals surface area contributed by atoms with E-state index in [-0.39, 0.29) is 11.9 Å². The molecular weight excluding hydrogens is 230 g/mol. The van der Waals surface area contributed by atoms with Gasteiger partial charge in [0, 0.05) is 19.5 Å². The monoisotopic (exact) mass is 257 g/mol. The van der Waals surface area contributed by atoms with Gasteiger partial charge < -0.3 is 9.64 Å². The smallest absolute Gasteiger partial charge is 0.307 e. The van der Waals surface area contributed by atoms with E-state index in [9.17, 15) is 9.59 Å². The van der Waals surface area contributed by atoms with E-state index < -0.39 is 0 Å². The highest BCUT2D eigenvalue weighted by Crippen LogP contribution is 2.07. The van der Waals surface area contributed by atoms with Crippen LogP contribution in [0.5, 0.6) is 0 Å². The summed E-state index contributed by atoms with van der Waals surface area (Å²) in [6, 6.07) is 0. The molecule has 0 aliphatic rings. The average Bonchev–Trinajstić information content (AvgIpc) is 2.28. The van der Waals surface area contributed by atoms with Crippen molar-refractivity contribution >= 4 is 11.9 Å². The lowest BCUT2D eigenvalue weighted by atomic mass is 10.1. The largest absolute Gasteiger partial charge is 0.466 e. The molecule has 0 unspecified atom stereocenters. The quantitative estimate of drug-likeness (QED) is 0.596. The SMILES string of the molecule is CCCCN(CCC(=O)OCC)C(=O)CC(C)C. The van der Waals surface area contributed by atoms with Crippen LogP contribution in [0.2, 0.25) is 0 Å². The van der Waals surface area contributed by atoms with Crippen molar-refractivity contribution in [1.82, 2.24) is 4.90 Å². The van der Waals surface area contributed by atoms with E-state index in [1.807, 2.05) is 13.8 Å². The van der Waals surface area contributed by atoms with E-state index >= 15 is 0 Å². The van der Waals surface area contributed by atoms with Crippen molar-refractivity contribution in [3.8, 4) is 0 Å². The summed E-state index contributed by atoms with van der Waals surface area (Å²) < 4.78 is 4.88. The normalized spacial score (nSPS) is 10.5. The Hall–Kier alpha value is -1.06. The Morgan fingerprint density at radius 3 is 2.33 bits per heavy atom. The van der Waals surface area contributed by atoms with Crippen LogP contribution in [-0.4, -0.2) is 36.5 Å². The summed E-state index contributed by atoms with van der Waals surface area (Å²) in [6.07, 6.45) is 2.87. The zero-order chi connectivity index (χ0) is 14.0. The molecule has 4 heteroatoms. The standard InChI is InChI=1S/C14H27NO3/c1-5-7-9-15(13(16)11-12(3)4)10-8-14(17)18-6-2/h12H,5-11H2,1-4H3. The van der Waals surface area contributed by atoms with Crippen LogP contribution in [0.15, 0.2) is 0 Å². The molecular formula is C14H27NO3. The highest BCUT2D eigenvalue weighted by atomic mass is 16.5. The summed E-state index contributed by atoms with van der Waals surface area (Å²) in [7, 11) is 0. The molecule has 0 aliphatic heterocycles. The fourth-order valence-corrected chi connectivity index (χ4v) is 1.65. The molecule has 0 aromatic rings. The molecule has 1 amide bonds. The average molecular weight is 257 g/mol. The topological polar surface area (TPSA) is 46.6 Å². The van der Waals surface area contributed by atoms with Crippen LogP contribution >= 0.6 is 0 Å². The fourth-order valence-electron chi connectivity index (χ4n) is 1.65. The van der Waals surface area contributed by atoms with Gasteiger partial charge in [-0.1, -0.05) is 27.2 Å². The van der Waals surface area contributed by atoms with Crippen LogP contribution < -0.4 is 0 Å². The Morgan fingerprint density at radius 2 is 1.83 bits per heavy atom. The summed E-state index contributed by atoms with van der Waals surface area (Å²) in [5.74, 6) is 0.267. The molecule has 0 spiro atoms. The Labute approximate surface area is 111 Å². The molecule has 0 fully saturated rings. The van der Waals surface area contributed by atoms with Crippen LogP contribution in [0.3, 0.4) is 0 Å².